The molecule has 0 bridgehead atoms. The quantitative estimate of drug-likeness (QED) is 0.318. The van der Waals surface area contributed by atoms with E-state index in [0.717, 1.165) is 70.7 Å². The van der Waals surface area contributed by atoms with E-state index in [2.05, 4.69) is 26.6 Å². The molecule has 4 aromatic rings. The van der Waals surface area contributed by atoms with Gasteiger partial charge in [-0.25, -0.2) is 0 Å². The molecular formula is C31H30N8O4. The molecule has 2 saturated carbocycles. The zero-order valence-corrected chi connectivity index (χ0v) is 23.6. The van der Waals surface area contributed by atoms with Crippen LogP contribution in [0, 0.1) is 5.92 Å². The molecule has 12 heteroatoms. The fourth-order valence-electron chi connectivity index (χ4n) is 6.65. The topological polar surface area (TPSA) is 144 Å². The second-order valence-electron chi connectivity index (χ2n) is 12.1. The van der Waals surface area contributed by atoms with E-state index in [1.165, 1.54) is 0 Å². The van der Waals surface area contributed by atoms with E-state index in [-0.39, 0.29) is 24.0 Å². The van der Waals surface area contributed by atoms with Gasteiger partial charge in [-0.2, -0.15) is 10.2 Å². The number of piperidine rings is 1. The Morgan fingerprint density at radius 3 is 2.60 bits per heavy atom. The van der Waals surface area contributed by atoms with Crippen molar-refractivity contribution in [2.75, 3.05) is 11.9 Å². The maximum absolute atomic E-state index is 13.1. The Balaban J connectivity index is 0.935. The molecule has 4 aliphatic rings. The third-order valence-corrected chi connectivity index (χ3v) is 9.28. The molecule has 218 valence electrons. The van der Waals surface area contributed by atoms with Gasteiger partial charge in [-0.1, -0.05) is 0 Å². The Labute approximate surface area is 246 Å². The lowest BCUT2D eigenvalue weighted by molar-refractivity contribution is -0.136. The number of imide groups is 2. The van der Waals surface area contributed by atoms with Gasteiger partial charge in [0.1, 0.15) is 6.04 Å². The number of benzene rings is 1. The van der Waals surface area contributed by atoms with Crippen molar-refractivity contribution in [3.63, 3.8) is 0 Å². The fourth-order valence-corrected chi connectivity index (χ4v) is 6.65. The van der Waals surface area contributed by atoms with Crippen LogP contribution in [0.1, 0.15) is 76.9 Å². The van der Waals surface area contributed by atoms with Gasteiger partial charge in [0.25, 0.3) is 11.8 Å². The first-order valence-corrected chi connectivity index (χ1v) is 14.8. The number of rotatable bonds is 7. The highest BCUT2D eigenvalue weighted by molar-refractivity contribution is 6.23. The first-order valence-electron chi connectivity index (χ1n) is 14.8. The van der Waals surface area contributed by atoms with Crippen LogP contribution in [-0.2, 0) is 16.6 Å². The van der Waals surface area contributed by atoms with Crippen molar-refractivity contribution >= 4 is 40.2 Å². The predicted molar refractivity (Wildman–Crippen MR) is 155 cm³/mol. The van der Waals surface area contributed by atoms with Crippen molar-refractivity contribution in [2.24, 2.45) is 13.0 Å². The van der Waals surface area contributed by atoms with E-state index in [4.69, 9.17) is 10.1 Å². The molecule has 3 aromatic heterocycles. The smallest absolute Gasteiger partial charge is 0.262 e. The molecule has 0 spiro atoms. The van der Waals surface area contributed by atoms with E-state index in [1.807, 2.05) is 30.2 Å². The van der Waals surface area contributed by atoms with E-state index < -0.39 is 29.7 Å². The number of amides is 4. The molecule has 2 N–H and O–H groups in total. The largest absolute Gasteiger partial charge is 0.385 e. The SMILES string of the molecule is Cn1ncc2c(-c3cn(C4CC(CNc5ccc6c(c5)C(=O)N(C5CCC(=O)NC5=O)C6=O)C4)nc3C3CC3)nccc21. The Morgan fingerprint density at radius 1 is 1.00 bits per heavy atom. The zero-order chi connectivity index (χ0) is 29.4. The van der Waals surface area contributed by atoms with Gasteiger partial charge in [0.2, 0.25) is 11.8 Å². The maximum atomic E-state index is 13.1. The summed E-state index contributed by atoms with van der Waals surface area (Å²) in [5.74, 6) is -1.07. The molecule has 1 atom stereocenters. The fraction of sp³-hybridized carbons (Fsp3) is 0.387. The minimum absolute atomic E-state index is 0.0955. The number of nitrogens with zero attached hydrogens (tertiary/aromatic N) is 6. The summed E-state index contributed by atoms with van der Waals surface area (Å²) >= 11 is 0. The Morgan fingerprint density at radius 2 is 1.81 bits per heavy atom. The number of hydrogen-bond donors (Lipinski definition) is 2. The lowest BCUT2D eigenvalue weighted by Gasteiger charge is -2.35. The number of carbonyl (C=O) groups excluding carboxylic acids is 4. The monoisotopic (exact) mass is 578 g/mol. The molecular weight excluding hydrogens is 548 g/mol. The van der Waals surface area contributed by atoms with Crippen LogP contribution < -0.4 is 10.6 Å². The predicted octanol–water partition coefficient (Wildman–Crippen LogP) is 3.17. The number of pyridine rings is 1. The second kappa shape index (κ2) is 9.58. The molecule has 2 aliphatic heterocycles. The van der Waals surface area contributed by atoms with E-state index in [1.54, 1.807) is 18.2 Å². The van der Waals surface area contributed by atoms with Crippen LogP contribution in [0.15, 0.2) is 42.9 Å². The van der Waals surface area contributed by atoms with Crippen LogP contribution in [0.3, 0.4) is 0 Å². The van der Waals surface area contributed by atoms with E-state index >= 15 is 0 Å². The number of fused-ring (bicyclic) bond motifs is 2. The average Bonchev–Trinajstić information content (AvgIpc) is 3.55. The molecule has 8 rings (SSSR count). The summed E-state index contributed by atoms with van der Waals surface area (Å²) in [7, 11) is 1.94. The number of anilines is 1. The van der Waals surface area contributed by atoms with Gasteiger partial charge in [-0.05, 0) is 62.3 Å². The normalized spacial score (nSPS) is 23.5. The van der Waals surface area contributed by atoms with Gasteiger partial charge >= 0.3 is 0 Å². The Kier molecular flexibility index (Phi) is 5.75. The lowest BCUT2D eigenvalue weighted by Crippen LogP contribution is -2.54. The van der Waals surface area contributed by atoms with Crippen molar-refractivity contribution in [1.29, 1.82) is 0 Å². The van der Waals surface area contributed by atoms with E-state index in [9.17, 15) is 19.2 Å². The molecule has 5 heterocycles. The number of aromatic nitrogens is 5. The Hall–Kier alpha value is -4.87. The number of aryl methyl sites for hydroxylation is 1. The minimum atomic E-state index is -0.968. The van der Waals surface area contributed by atoms with Gasteiger partial charge in [0, 0.05) is 55.0 Å². The first kappa shape index (κ1) is 25.8. The highest BCUT2D eigenvalue weighted by Gasteiger charge is 2.44. The summed E-state index contributed by atoms with van der Waals surface area (Å²) in [6.45, 7) is 0.731. The molecule has 2 aliphatic carbocycles. The van der Waals surface area contributed by atoms with Gasteiger partial charge in [0.15, 0.2) is 0 Å². The molecule has 3 fully saturated rings. The van der Waals surface area contributed by atoms with Crippen LogP contribution in [0.2, 0.25) is 0 Å². The molecule has 12 nitrogen and oxygen atoms in total. The molecule has 0 radical (unpaired) electrons. The van der Waals surface area contributed by atoms with Gasteiger partial charge < -0.3 is 5.32 Å². The zero-order valence-electron chi connectivity index (χ0n) is 23.6. The molecule has 4 amide bonds. The average molecular weight is 579 g/mol. The summed E-state index contributed by atoms with van der Waals surface area (Å²) in [4.78, 5) is 55.7. The van der Waals surface area contributed by atoms with Crippen molar-refractivity contribution in [3.05, 3.63) is 59.7 Å². The third kappa shape index (κ3) is 4.23. The highest BCUT2D eigenvalue weighted by Crippen LogP contribution is 2.46. The standard InChI is InChI=1S/C31H30N8O4/c1-37-24-8-9-32-28(22(24)14-34-37)23-15-38(36-27(23)17-2-3-17)19-10-16(11-19)13-33-18-4-5-20-21(12-18)31(43)39(30(20)42)25-6-7-26(40)35-29(25)41/h4-5,8-9,12,14-17,19,25,33H,2-3,6-7,10-11,13H2,1H3,(H,35,40,41). The van der Waals surface area contributed by atoms with Crippen LogP contribution in [0.4, 0.5) is 5.69 Å². The van der Waals surface area contributed by atoms with Crippen molar-refractivity contribution in [3.8, 4) is 11.3 Å². The first-order chi connectivity index (χ1) is 20.9. The van der Waals surface area contributed by atoms with Crippen LogP contribution in [0.5, 0.6) is 0 Å². The van der Waals surface area contributed by atoms with Crippen molar-refractivity contribution in [2.45, 2.75) is 56.5 Å². The summed E-state index contributed by atoms with van der Waals surface area (Å²) in [5.41, 5.74) is 5.54. The van der Waals surface area contributed by atoms with Crippen molar-refractivity contribution in [1.82, 2.24) is 34.8 Å². The number of carbonyl (C=O) groups is 4. The molecule has 1 saturated heterocycles. The number of nitrogens with one attached hydrogen (secondary N) is 2. The van der Waals surface area contributed by atoms with Gasteiger partial charge in [-0.15, -0.1) is 0 Å². The minimum Gasteiger partial charge on any atom is -0.385 e. The molecule has 1 unspecified atom stereocenters. The van der Waals surface area contributed by atoms with Gasteiger partial charge in [0.05, 0.1) is 40.3 Å². The van der Waals surface area contributed by atoms with Gasteiger partial charge in [-0.3, -0.25) is 43.7 Å². The summed E-state index contributed by atoms with van der Waals surface area (Å²) in [6.07, 6.45) is 10.4. The van der Waals surface area contributed by atoms with Crippen molar-refractivity contribution < 1.29 is 19.2 Å². The molecule has 43 heavy (non-hydrogen) atoms. The lowest BCUT2D eigenvalue weighted by atomic mass is 9.80. The van der Waals surface area contributed by atoms with E-state index in [0.29, 0.717) is 17.9 Å². The second-order valence-corrected chi connectivity index (χ2v) is 12.1. The maximum Gasteiger partial charge on any atom is 0.262 e. The number of hydrogen-bond acceptors (Lipinski definition) is 8. The van der Waals surface area contributed by atoms with Crippen LogP contribution >= 0.6 is 0 Å². The highest BCUT2D eigenvalue weighted by atomic mass is 16.2. The third-order valence-electron chi connectivity index (χ3n) is 9.28. The summed E-state index contributed by atoms with van der Waals surface area (Å²) < 4.78 is 3.99. The summed E-state index contributed by atoms with van der Waals surface area (Å²) in [6, 6.07) is 6.44. The van der Waals surface area contributed by atoms with Crippen LogP contribution in [-0.4, -0.2) is 65.7 Å². The summed E-state index contributed by atoms with van der Waals surface area (Å²) in [5, 5.41) is 16.2. The molecule has 1 aromatic carbocycles. The van der Waals surface area contributed by atoms with Crippen LogP contribution in [0.25, 0.3) is 22.2 Å². The Bertz CT molecular complexity index is 1850.